The van der Waals surface area contributed by atoms with Crippen molar-refractivity contribution in [3.05, 3.63) is 18.7 Å². The standard InChI is InChI=1S/C9H13N5O/c1-13-6-8(5-11-13)9-12-10-7-14(9)3-4-15-2/h5-7H,3-4H2,1-2H3. The van der Waals surface area contributed by atoms with Gasteiger partial charge in [0.1, 0.15) is 6.33 Å². The maximum absolute atomic E-state index is 5.01. The first kappa shape index (κ1) is 9.85. The predicted molar refractivity (Wildman–Crippen MR) is 54.1 cm³/mol. The van der Waals surface area contributed by atoms with Gasteiger partial charge < -0.3 is 9.30 Å². The normalized spacial score (nSPS) is 10.8. The fourth-order valence-electron chi connectivity index (χ4n) is 1.37. The lowest BCUT2D eigenvalue weighted by Crippen LogP contribution is -2.04. The summed E-state index contributed by atoms with van der Waals surface area (Å²) in [7, 11) is 3.55. The van der Waals surface area contributed by atoms with E-state index in [0.717, 1.165) is 17.9 Å². The van der Waals surface area contributed by atoms with Crippen molar-refractivity contribution in [2.45, 2.75) is 6.54 Å². The molecule has 2 aromatic rings. The molecule has 0 fully saturated rings. The lowest BCUT2D eigenvalue weighted by Gasteiger charge is -2.03. The summed E-state index contributed by atoms with van der Waals surface area (Å²) in [5, 5.41) is 12.0. The van der Waals surface area contributed by atoms with Gasteiger partial charge in [-0.05, 0) is 0 Å². The van der Waals surface area contributed by atoms with Crippen molar-refractivity contribution in [3.63, 3.8) is 0 Å². The van der Waals surface area contributed by atoms with Gasteiger partial charge >= 0.3 is 0 Å². The van der Waals surface area contributed by atoms with Crippen LogP contribution in [0.25, 0.3) is 11.4 Å². The number of hydrogen-bond acceptors (Lipinski definition) is 4. The van der Waals surface area contributed by atoms with Crippen molar-refractivity contribution in [3.8, 4) is 11.4 Å². The summed E-state index contributed by atoms with van der Waals surface area (Å²) >= 11 is 0. The van der Waals surface area contributed by atoms with Crippen LogP contribution >= 0.6 is 0 Å². The Balaban J connectivity index is 2.24. The third-order valence-electron chi connectivity index (χ3n) is 2.11. The molecule has 0 bridgehead atoms. The van der Waals surface area contributed by atoms with Gasteiger partial charge in [0.05, 0.1) is 18.4 Å². The van der Waals surface area contributed by atoms with E-state index >= 15 is 0 Å². The van der Waals surface area contributed by atoms with Crippen LogP contribution in [0.1, 0.15) is 0 Å². The van der Waals surface area contributed by atoms with Crippen molar-refractivity contribution in [2.24, 2.45) is 7.05 Å². The van der Waals surface area contributed by atoms with E-state index in [4.69, 9.17) is 4.74 Å². The highest BCUT2D eigenvalue weighted by molar-refractivity contribution is 5.51. The first-order valence-electron chi connectivity index (χ1n) is 4.67. The Morgan fingerprint density at radius 3 is 3.00 bits per heavy atom. The molecule has 0 unspecified atom stereocenters. The van der Waals surface area contributed by atoms with Crippen LogP contribution in [0.2, 0.25) is 0 Å². The molecular weight excluding hydrogens is 194 g/mol. The third-order valence-corrected chi connectivity index (χ3v) is 2.11. The highest BCUT2D eigenvalue weighted by Crippen LogP contribution is 2.14. The van der Waals surface area contributed by atoms with E-state index in [1.54, 1.807) is 24.3 Å². The average molecular weight is 207 g/mol. The monoisotopic (exact) mass is 207 g/mol. The van der Waals surface area contributed by atoms with Gasteiger partial charge in [0.25, 0.3) is 0 Å². The van der Waals surface area contributed by atoms with E-state index in [1.165, 1.54) is 0 Å². The molecule has 80 valence electrons. The quantitative estimate of drug-likeness (QED) is 0.724. The molecule has 0 amide bonds. The minimum Gasteiger partial charge on any atom is -0.383 e. The van der Waals surface area contributed by atoms with E-state index < -0.39 is 0 Å². The molecule has 6 nitrogen and oxygen atoms in total. The number of hydrogen-bond donors (Lipinski definition) is 0. The lowest BCUT2D eigenvalue weighted by molar-refractivity contribution is 0.187. The Bertz CT molecular complexity index is 433. The molecule has 0 aliphatic heterocycles. The van der Waals surface area contributed by atoms with E-state index in [2.05, 4.69) is 15.3 Å². The molecule has 0 aromatic carbocycles. The summed E-state index contributed by atoms with van der Waals surface area (Å²) in [5.74, 6) is 0.820. The largest absolute Gasteiger partial charge is 0.383 e. The fraction of sp³-hybridized carbons (Fsp3) is 0.444. The van der Waals surface area contributed by atoms with Gasteiger partial charge in [-0.2, -0.15) is 5.10 Å². The van der Waals surface area contributed by atoms with E-state index in [1.807, 2.05) is 17.8 Å². The van der Waals surface area contributed by atoms with Gasteiger partial charge in [0.15, 0.2) is 5.82 Å². The van der Waals surface area contributed by atoms with Gasteiger partial charge in [0.2, 0.25) is 0 Å². The molecule has 0 N–H and O–H groups in total. The minimum atomic E-state index is 0.644. The summed E-state index contributed by atoms with van der Waals surface area (Å²) in [4.78, 5) is 0. The number of aryl methyl sites for hydroxylation is 1. The maximum atomic E-state index is 5.01. The summed E-state index contributed by atoms with van der Waals surface area (Å²) < 4.78 is 8.70. The topological polar surface area (TPSA) is 57.8 Å². The molecule has 0 saturated carbocycles. The molecule has 0 saturated heterocycles. The SMILES string of the molecule is COCCn1cnnc1-c1cnn(C)c1. The molecule has 2 heterocycles. The molecule has 0 atom stereocenters. The Morgan fingerprint density at radius 1 is 1.47 bits per heavy atom. The maximum Gasteiger partial charge on any atom is 0.167 e. The predicted octanol–water partition coefficient (Wildman–Crippen LogP) is 0.325. The summed E-state index contributed by atoms with van der Waals surface area (Å²) in [6, 6.07) is 0. The molecule has 0 aliphatic rings. The highest BCUT2D eigenvalue weighted by atomic mass is 16.5. The van der Waals surface area contributed by atoms with Crippen LogP contribution in [0.15, 0.2) is 18.7 Å². The zero-order valence-electron chi connectivity index (χ0n) is 8.79. The number of methoxy groups -OCH3 is 1. The smallest absolute Gasteiger partial charge is 0.167 e. The third kappa shape index (κ3) is 2.04. The first-order valence-corrected chi connectivity index (χ1v) is 4.67. The summed E-state index contributed by atoms with van der Waals surface area (Å²) in [5.41, 5.74) is 0.964. The van der Waals surface area contributed by atoms with Crippen molar-refractivity contribution in [2.75, 3.05) is 13.7 Å². The van der Waals surface area contributed by atoms with E-state index in [0.29, 0.717) is 6.61 Å². The summed E-state index contributed by atoms with van der Waals surface area (Å²) in [6.07, 6.45) is 5.38. The van der Waals surface area contributed by atoms with Crippen LogP contribution in [0, 0.1) is 0 Å². The zero-order valence-corrected chi connectivity index (χ0v) is 8.79. The van der Waals surface area contributed by atoms with Crippen molar-refractivity contribution < 1.29 is 4.74 Å². The number of rotatable bonds is 4. The molecular formula is C9H13N5O. The molecule has 0 radical (unpaired) electrons. The van der Waals surface area contributed by atoms with E-state index in [-0.39, 0.29) is 0 Å². The average Bonchev–Trinajstić information content (AvgIpc) is 2.82. The highest BCUT2D eigenvalue weighted by Gasteiger charge is 2.08. The van der Waals surface area contributed by atoms with Crippen molar-refractivity contribution >= 4 is 0 Å². The van der Waals surface area contributed by atoms with Crippen LogP contribution in [-0.2, 0) is 18.3 Å². The second kappa shape index (κ2) is 4.22. The van der Waals surface area contributed by atoms with Gasteiger partial charge in [-0.25, -0.2) is 0 Å². The van der Waals surface area contributed by atoms with Crippen molar-refractivity contribution in [1.29, 1.82) is 0 Å². The second-order valence-electron chi connectivity index (χ2n) is 3.24. The molecule has 0 aliphatic carbocycles. The number of nitrogens with zero attached hydrogens (tertiary/aromatic N) is 5. The Hall–Kier alpha value is -1.69. The van der Waals surface area contributed by atoms with Gasteiger partial charge in [0, 0.05) is 26.9 Å². The van der Waals surface area contributed by atoms with Gasteiger partial charge in [-0.1, -0.05) is 0 Å². The lowest BCUT2D eigenvalue weighted by atomic mass is 10.3. The second-order valence-corrected chi connectivity index (χ2v) is 3.24. The number of ether oxygens (including phenoxy) is 1. The first-order chi connectivity index (χ1) is 7.31. The Kier molecular flexibility index (Phi) is 2.77. The molecule has 0 spiro atoms. The fourth-order valence-corrected chi connectivity index (χ4v) is 1.37. The Labute approximate surface area is 87.5 Å². The van der Waals surface area contributed by atoms with Gasteiger partial charge in [-0.15, -0.1) is 10.2 Å². The molecule has 15 heavy (non-hydrogen) atoms. The van der Waals surface area contributed by atoms with Crippen molar-refractivity contribution in [1.82, 2.24) is 24.5 Å². The number of aromatic nitrogens is 5. The minimum absolute atomic E-state index is 0.644. The van der Waals surface area contributed by atoms with Crippen LogP contribution in [0.3, 0.4) is 0 Å². The van der Waals surface area contributed by atoms with Crippen LogP contribution in [0.4, 0.5) is 0 Å². The molecule has 6 heteroatoms. The van der Waals surface area contributed by atoms with Crippen LogP contribution in [-0.4, -0.2) is 38.3 Å². The Morgan fingerprint density at radius 2 is 2.33 bits per heavy atom. The van der Waals surface area contributed by atoms with E-state index in [9.17, 15) is 0 Å². The molecule has 2 aromatic heterocycles. The van der Waals surface area contributed by atoms with Crippen LogP contribution < -0.4 is 0 Å². The zero-order chi connectivity index (χ0) is 10.7. The van der Waals surface area contributed by atoms with Crippen LogP contribution in [0.5, 0.6) is 0 Å². The molecule has 2 rings (SSSR count). The summed E-state index contributed by atoms with van der Waals surface area (Å²) in [6.45, 7) is 1.39. The van der Waals surface area contributed by atoms with Gasteiger partial charge in [-0.3, -0.25) is 4.68 Å².